The van der Waals surface area contributed by atoms with Gasteiger partial charge in [-0.2, -0.15) is 5.10 Å². The van der Waals surface area contributed by atoms with E-state index in [-0.39, 0.29) is 11.9 Å². The second-order valence-corrected chi connectivity index (χ2v) is 6.93. The molecule has 4 nitrogen and oxygen atoms in total. The van der Waals surface area contributed by atoms with Gasteiger partial charge < -0.3 is 10.4 Å². The highest BCUT2D eigenvalue weighted by molar-refractivity contribution is 5.89. The maximum Gasteiger partial charge on any atom is 0.151 e. The zero-order valence-corrected chi connectivity index (χ0v) is 14.7. The fraction of sp³-hybridized carbons (Fsp3) is 0.136. The van der Waals surface area contributed by atoms with Crippen LogP contribution in [0.25, 0.3) is 22.0 Å². The molecular formula is C22H19N3O. The summed E-state index contributed by atoms with van der Waals surface area (Å²) in [5.41, 5.74) is 6.28. The van der Waals surface area contributed by atoms with E-state index in [1.807, 2.05) is 35.9 Å². The van der Waals surface area contributed by atoms with Crippen molar-refractivity contribution in [1.29, 1.82) is 0 Å². The largest absolute Gasteiger partial charge is 0.507 e. The molecule has 0 saturated carbocycles. The molecule has 3 aromatic carbocycles. The summed E-state index contributed by atoms with van der Waals surface area (Å²) in [7, 11) is 0. The fourth-order valence-corrected chi connectivity index (χ4v) is 3.88. The number of rotatable bonds is 1. The van der Waals surface area contributed by atoms with Gasteiger partial charge in [-0.15, -0.1) is 0 Å². The third-order valence-corrected chi connectivity index (χ3v) is 5.07. The first-order valence-corrected chi connectivity index (χ1v) is 8.76. The first kappa shape index (κ1) is 15.0. The summed E-state index contributed by atoms with van der Waals surface area (Å²) < 4.78 is 1.98. The molecule has 4 heteroatoms. The van der Waals surface area contributed by atoms with Gasteiger partial charge in [-0.3, -0.25) is 0 Å². The maximum absolute atomic E-state index is 10.7. The minimum atomic E-state index is -0.264. The molecule has 0 fully saturated rings. The minimum absolute atomic E-state index is 0.264. The third-order valence-electron chi connectivity index (χ3n) is 5.07. The Kier molecular flexibility index (Phi) is 3.10. The van der Waals surface area contributed by atoms with Crippen molar-refractivity contribution in [3.63, 3.8) is 0 Å². The standard InChI is InChI=1S/C22H19N3O/c1-13-7-9-18-17(11-13)19-12-14(2)24-25(19)22(23-18)21-16-6-4-3-5-15(16)8-10-20(21)26/h3-12,22-23,26H,1-2H3. The van der Waals surface area contributed by atoms with Gasteiger partial charge in [0.25, 0.3) is 0 Å². The molecule has 1 unspecified atom stereocenters. The lowest BCUT2D eigenvalue weighted by Gasteiger charge is -2.30. The summed E-state index contributed by atoms with van der Waals surface area (Å²) in [6.07, 6.45) is -0.264. The van der Waals surface area contributed by atoms with Gasteiger partial charge in [0.2, 0.25) is 0 Å². The lowest BCUT2D eigenvalue weighted by atomic mass is 9.97. The van der Waals surface area contributed by atoms with Crippen molar-refractivity contribution in [3.05, 3.63) is 77.5 Å². The van der Waals surface area contributed by atoms with E-state index < -0.39 is 0 Å². The molecule has 1 aliphatic rings. The number of benzene rings is 3. The second kappa shape index (κ2) is 5.36. The monoisotopic (exact) mass is 341 g/mol. The van der Waals surface area contributed by atoms with Crippen LogP contribution in [0, 0.1) is 13.8 Å². The highest BCUT2D eigenvalue weighted by Gasteiger charge is 2.29. The molecule has 1 aliphatic heterocycles. The van der Waals surface area contributed by atoms with E-state index in [4.69, 9.17) is 5.10 Å². The second-order valence-electron chi connectivity index (χ2n) is 6.93. The average Bonchev–Trinajstić information content (AvgIpc) is 3.03. The van der Waals surface area contributed by atoms with E-state index in [2.05, 4.69) is 42.6 Å². The molecule has 4 aromatic rings. The minimum Gasteiger partial charge on any atom is -0.507 e. The van der Waals surface area contributed by atoms with Crippen LogP contribution in [0.4, 0.5) is 5.69 Å². The van der Waals surface area contributed by atoms with E-state index >= 15 is 0 Å². The van der Waals surface area contributed by atoms with E-state index in [1.165, 1.54) is 5.56 Å². The van der Waals surface area contributed by atoms with Crippen molar-refractivity contribution in [2.24, 2.45) is 0 Å². The third kappa shape index (κ3) is 2.12. The number of phenols is 1. The summed E-state index contributed by atoms with van der Waals surface area (Å²) in [5, 5.41) is 21.1. The number of phenolic OH excluding ortho intramolecular Hbond substituents is 1. The highest BCUT2D eigenvalue weighted by Crippen LogP contribution is 2.42. The Labute approximate surface area is 151 Å². The van der Waals surface area contributed by atoms with Crippen LogP contribution < -0.4 is 5.32 Å². The topological polar surface area (TPSA) is 50.1 Å². The zero-order valence-electron chi connectivity index (χ0n) is 14.7. The van der Waals surface area contributed by atoms with Crippen LogP contribution in [-0.2, 0) is 0 Å². The molecule has 0 amide bonds. The summed E-state index contributed by atoms with van der Waals surface area (Å²) in [6.45, 7) is 4.09. The van der Waals surface area contributed by atoms with Gasteiger partial charge in [-0.25, -0.2) is 4.68 Å². The van der Waals surface area contributed by atoms with Crippen LogP contribution in [0.15, 0.2) is 60.7 Å². The molecule has 1 atom stereocenters. The number of fused-ring (bicyclic) bond motifs is 4. The lowest BCUT2D eigenvalue weighted by Crippen LogP contribution is -2.26. The Morgan fingerprint density at radius 2 is 1.85 bits per heavy atom. The van der Waals surface area contributed by atoms with Crippen LogP contribution in [0.5, 0.6) is 5.75 Å². The van der Waals surface area contributed by atoms with Crippen LogP contribution in [0.2, 0.25) is 0 Å². The predicted octanol–water partition coefficient (Wildman–Crippen LogP) is 5.00. The van der Waals surface area contributed by atoms with Gasteiger partial charge in [-0.1, -0.05) is 42.0 Å². The van der Waals surface area contributed by atoms with Gasteiger partial charge >= 0.3 is 0 Å². The molecule has 2 heterocycles. The maximum atomic E-state index is 10.7. The highest BCUT2D eigenvalue weighted by atomic mass is 16.3. The molecule has 0 spiro atoms. The quantitative estimate of drug-likeness (QED) is 0.512. The Hall–Kier alpha value is -3.27. The van der Waals surface area contributed by atoms with Crippen molar-refractivity contribution in [1.82, 2.24) is 9.78 Å². The molecule has 1 aromatic heterocycles. The van der Waals surface area contributed by atoms with Gasteiger partial charge in [0.05, 0.1) is 11.4 Å². The van der Waals surface area contributed by atoms with E-state index in [0.717, 1.165) is 39.0 Å². The summed E-state index contributed by atoms with van der Waals surface area (Å²) in [5.74, 6) is 0.274. The first-order valence-electron chi connectivity index (χ1n) is 8.76. The molecule has 0 radical (unpaired) electrons. The number of nitrogens with one attached hydrogen (secondary N) is 1. The first-order chi connectivity index (χ1) is 12.6. The van der Waals surface area contributed by atoms with Crippen LogP contribution in [0.1, 0.15) is 23.0 Å². The van der Waals surface area contributed by atoms with Crippen LogP contribution >= 0.6 is 0 Å². The Bertz CT molecular complexity index is 1160. The SMILES string of the molecule is Cc1ccc2c(c1)-c1cc(C)nn1C(c1c(O)ccc3ccccc13)N2. The van der Waals surface area contributed by atoms with Crippen molar-refractivity contribution in [3.8, 4) is 17.0 Å². The van der Waals surface area contributed by atoms with Gasteiger partial charge in [0.15, 0.2) is 6.17 Å². The molecule has 0 bridgehead atoms. The van der Waals surface area contributed by atoms with Crippen molar-refractivity contribution in [2.75, 3.05) is 5.32 Å². The summed E-state index contributed by atoms with van der Waals surface area (Å²) in [4.78, 5) is 0. The summed E-state index contributed by atoms with van der Waals surface area (Å²) >= 11 is 0. The van der Waals surface area contributed by atoms with Crippen molar-refractivity contribution < 1.29 is 5.11 Å². The van der Waals surface area contributed by atoms with Crippen molar-refractivity contribution >= 4 is 16.5 Å². The Balaban J connectivity index is 1.80. The fourth-order valence-electron chi connectivity index (χ4n) is 3.88. The van der Waals surface area contributed by atoms with E-state index in [0.29, 0.717) is 0 Å². The molecule has 0 saturated heterocycles. The lowest BCUT2D eigenvalue weighted by molar-refractivity contribution is 0.454. The molecule has 2 N–H and O–H groups in total. The van der Waals surface area contributed by atoms with Crippen LogP contribution in [-0.4, -0.2) is 14.9 Å². The number of aromatic nitrogens is 2. The van der Waals surface area contributed by atoms with Gasteiger partial charge in [0.1, 0.15) is 5.75 Å². The molecule has 0 aliphatic carbocycles. The van der Waals surface area contributed by atoms with Crippen LogP contribution in [0.3, 0.4) is 0 Å². The zero-order chi connectivity index (χ0) is 17.8. The molecule has 128 valence electrons. The number of hydrogen-bond acceptors (Lipinski definition) is 3. The van der Waals surface area contributed by atoms with E-state index in [9.17, 15) is 5.11 Å². The number of hydrogen-bond donors (Lipinski definition) is 2. The normalized spacial score (nSPS) is 15.4. The van der Waals surface area contributed by atoms with Gasteiger partial charge in [0, 0.05) is 16.8 Å². The average molecular weight is 341 g/mol. The number of nitrogens with zero attached hydrogens (tertiary/aromatic N) is 2. The molecule has 5 rings (SSSR count). The number of anilines is 1. The summed E-state index contributed by atoms with van der Waals surface area (Å²) in [6, 6.07) is 20.3. The number of aromatic hydroxyl groups is 1. The van der Waals surface area contributed by atoms with E-state index in [1.54, 1.807) is 6.07 Å². The number of aryl methyl sites for hydroxylation is 2. The molecule has 26 heavy (non-hydrogen) atoms. The van der Waals surface area contributed by atoms with Gasteiger partial charge in [-0.05, 0) is 48.9 Å². The Morgan fingerprint density at radius 1 is 1.00 bits per heavy atom. The predicted molar refractivity (Wildman–Crippen MR) is 105 cm³/mol. The van der Waals surface area contributed by atoms with Crippen molar-refractivity contribution in [2.45, 2.75) is 20.0 Å². The Morgan fingerprint density at radius 3 is 2.73 bits per heavy atom. The smallest absolute Gasteiger partial charge is 0.151 e. The molecular weight excluding hydrogens is 322 g/mol.